The molecule has 4 saturated heterocycles. The third-order valence-electron chi connectivity index (χ3n) is 25.4. The van der Waals surface area contributed by atoms with Gasteiger partial charge < -0.3 is 116 Å². The molecule has 8 aromatic heterocycles. The lowest BCUT2D eigenvalue weighted by Crippen LogP contribution is -2.41. The van der Waals surface area contributed by atoms with Crippen molar-refractivity contribution in [3.8, 4) is 41.5 Å². The molecule has 788 valence electrons. The Hall–Kier alpha value is -12.8. The molecular formula is C95H120N21O28P3. The summed E-state index contributed by atoms with van der Waals surface area (Å²) >= 11 is 0. The number of fused-ring (bicyclic) bond motifs is 4. The Balaban J connectivity index is 0.000000178. The smallest absolute Gasteiger partial charge is 0.459 e. The third kappa shape index (κ3) is 24.8. The summed E-state index contributed by atoms with van der Waals surface area (Å²) < 4.78 is 120. The van der Waals surface area contributed by atoms with Gasteiger partial charge in [0.2, 0.25) is 22.4 Å². The van der Waals surface area contributed by atoms with E-state index in [0.717, 1.165) is 38.5 Å². The molecule has 22 atom stereocenters. The van der Waals surface area contributed by atoms with Crippen molar-refractivity contribution in [3.05, 3.63) is 199 Å². The molecule has 0 saturated carbocycles. The van der Waals surface area contributed by atoms with Crippen LogP contribution in [0.2, 0.25) is 0 Å². The average molecular weight is 2100 g/mol. The predicted molar refractivity (Wildman–Crippen MR) is 523 cm³/mol. The lowest BCUT2D eigenvalue weighted by molar-refractivity contribution is -0.147. The first kappa shape index (κ1) is 113. The van der Waals surface area contributed by atoms with Gasteiger partial charge in [-0.15, -0.1) is 0 Å². The number of para-hydroxylation sites is 3. The number of nitrogens with one attached hydrogen (secondary N) is 3. The molecule has 0 bridgehead atoms. The van der Waals surface area contributed by atoms with Gasteiger partial charge in [0.1, 0.15) is 157 Å². The van der Waals surface area contributed by atoms with E-state index in [-0.39, 0.29) is 89.2 Å². The molecule has 0 aliphatic carbocycles. The molecule has 4 fully saturated rings. The zero-order valence-electron chi connectivity index (χ0n) is 81.5. The van der Waals surface area contributed by atoms with Crippen molar-refractivity contribution in [2.45, 2.75) is 215 Å². The van der Waals surface area contributed by atoms with Gasteiger partial charge in [-0.2, -0.15) is 56.7 Å². The highest BCUT2D eigenvalue weighted by Gasteiger charge is 2.62. The molecule has 1 unspecified atom stereocenters. The van der Waals surface area contributed by atoms with Crippen LogP contribution in [0.25, 0.3) is 22.1 Å². The van der Waals surface area contributed by atoms with Crippen molar-refractivity contribution in [3.63, 3.8) is 0 Å². The highest BCUT2D eigenvalue weighted by atomic mass is 31.2. The molecule has 147 heavy (non-hydrogen) atoms. The van der Waals surface area contributed by atoms with Gasteiger partial charge in [-0.25, -0.2) is 41.7 Å². The van der Waals surface area contributed by atoms with Crippen LogP contribution in [-0.4, -0.2) is 250 Å². The molecule has 4 aliphatic heterocycles. The van der Waals surface area contributed by atoms with Crippen LogP contribution in [-0.2, 0) is 97.2 Å². The summed E-state index contributed by atoms with van der Waals surface area (Å²) in [5.74, 6) is -0.465. The van der Waals surface area contributed by atoms with Crippen LogP contribution in [0.4, 0.5) is 23.0 Å². The Morgan fingerprint density at radius 1 is 0.388 bits per heavy atom. The van der Waals surface area contributed by atoms with E-state index in [1.54, 1.807) is 127 Å². The van der Waals surface area contributed by atoms with Crippen LogP contribution >= 0.6 is 23.2 Å². The number of nitrogens with zero attached hydrogens (tertiary/aromatic N) is 14. The van der Waals surface area contributed by atoms with E-state index in [4.69, 9.17) is 83.2 Å². The first-order chi connectivity index (χ1) is 70.3. The maximum Gasteiger partial charge on any atom is 0.459 e. The minimum Gasteiger partial charge on any atom is -0.464 e. The third-order valence-corrected chi connectivity index (χ3v) is 30.4. The number of carbonyl (C=O) groups excluding carboxylic acids is 3. The normalized spacial score (nSPS) is 25.4. The van der Waals surface area contributed by atoms with E-state index < -0.39 is 181 Å². The Bertz CT molecular complexity index is 6120. The number of aliphatic hydroxyl groups is 9. The topological polar surface area (TPSA) is 735 Å². The summed E-state index contributed by atoms with van der Waals surface area (Å²) in [5.41, 5.74) is 18.7. The molecule has 3 aromatic carbocycles. The van der Waals surface area contributed by atoms with Crippen molar-refractivity contribution in [2.24, 2.45) is 17.8 Å². The number of esters is 3. The largest absolute Gasteiger partial charge is 0.464 e. The summed E-state index contributed by atoms with van der Waals surface area (Å²) in [6, 6.07) is 44.4. The highest BCUT2D eigenvalue weighted by Crippen LogP contribution is 2.52. The first-order valence-electron chi connectivity index (χ1n) is 47.1. The van der Waals surface area contributed by atoms with Crippen LogP contribution < -0.4 is 51.8 Å². The number of nitriles is 4. The van der Waals surface area contributed by atoms with Gasteiger partial charge in [0.15, 0.2) is 11.6 Å². The van der Waals surface area contributed by atoms with Crippen LogP contribution in [0, 0.1) is 63.1 Å². The number of anilines is 4. The molecule has 0 radical (unpaired) electrons. The van der Waals surface area contributed by atoms with Crippen molar-refractivity contribution in [1.29, 1.82) is 21.0 Å². The summed E-state index contributed by atoms with van der Waals surface area (Å²) in [5, 5.41) is 159. The monoisotopic (exact) mass is 2100 g/mol. The fourth-order valence-corrected chi connectivity index (χ4v) is 21.0. The second kappa shape index (κ2) is 49.3. The SMILES string of the molecule is CCC(CC)COC(=O)[C@H](C)NP(=O)(OC[C@H]1O[C@@](C#N)(c2ccc3c(N)ccnn23)[C@H](O)[C@@H]1O)Oc1ccccc1.CCC(CC)COC(=O)[C@H](C)N[P@@](=O)(OC[C@H]1O[C@@](C#N)(c2ccc3c(N)ccnn23)[C@H](O)[C@@H]1O)Oc1ccccc1.CCC(CC)COC(=O)[C@H](C)N[P@](=O)(OC[C@H]1O[C@@](C#N)(c2ccc3c(N)ncnn23)[C@H](O)[C@@H]1O)Oc1ccccc1.N#C[C@@]1(c2ccc3c(N)ncnn23)O[C@H](CO)[C@@H](O)[C@H]1O. The Morgan fingerprint density at radius 3 is 0.891 bits per heavy atom. The van der Waals surface area contributed by atoms with Crippen molar-refractivity contribution in [2.75, 3.05) is 69.2 Å². The molecule has 0 spiro atoms. The van der Waals surface area contributed by atoms with Crippen LogP contribution in [0.15, 0.2) is 177 Å². The minimum atomic E-state index is -4.32. The Labute approximate surface area is 843 Å². The van der Waals surface area contributed by atoms with E-state index in [1.165, 1.54) is 88.1 Å². The Kier molecular flexibility index (Phi) is 37.9. The van der Waals surface area contributed by atoms with Crippen LogP contribution in [0.1, 0.15) is 124 Å². The summed E-state index contributed by atoms with van der Waals surface area (Å²) in [4.78, 5) is 45.8. The van der Waals surface area contributed by atoms with Gasteiger partial charge in [0.05, 0.1) is 91.4 Å². The molecule has 4 aliphatic rings. The standard InChI is InChI=1S/2C28H36N5O8P.C27H35N6O8P.C12H13N5O4/c2*1-4-19(5-2)15-38-27(36)18(3)32-42(37,41-20-9-7-6-8-10-20)39-16-23-25(34)26(35)28(17-29,40-23)24-12-11-22-21(30)13-14-31-33(22)24;1-4-18(5-2)13-38-26(36)17(3)32-42(37,41-19-9-7-6-8-10-19)39-14-21-23(34)24(35)27(15-28,40-21)22-12-11-20-25(29)30-16-31-33(20)22;13-4-12(10(20)9(19)7(3-18)21-12)8-2-1-6-11(14)15-5-16-17(6)8/h2*6-14,18-19,23,25-26,34-35H,4-5,15-16,30H2,1-3H3,(H,32,37);6-12,16-18,21,23-24,34-35H,4-5,13-14H2,1-3H3,(H,32,37)(H2,29,30,31);1-2,5,7,9-10,18-20H,3H2,(H2,14,15,16)/t18-,23+,25+,26+,28-,42?;18-,23+,25+,26+,28-,42+;17-,21+,23+,24+,27-,42-;7-,9-,10-,12+/m0001/s1. The summed E-state index contributed by atoms with van der Waals surface area (Å²) in [7, 11) is -12.9. The van der Waals surface area contributed by atoms with Crippen molar-refractivity contribution < 1.29 is 134 Å². The second-order valence-corrected chi connectivity index (χ2v) is 40.0. The van der Waals surface area contributed by atoms with Gasteiger partial charge in [-0.3, -0.25) is 28.0 Å². The van der Waals surface area contributed by atoms with E-state index in [9.17, 15) is 95.1 Å². The number of rotatable bonds is 41. The summed E-state index contributed by atoms with van der Waals surface area (Å²) in [6.45, 7) is 14.8. The van der Waals surface area contributed by atoms with Gasteiger partial charge in [0.25, 0.3) is 0 Å². The number of aromatic nitrogens is 10. The van der Waals surface area contributed by atoms with Crippen molar-refractivity contribution in [1.82, 2.24) is 63.7 Å². The Morgan fingerprint density at radius 2 is 0.639 bits per heavy atom. The van der Waals surface area contributed by atoms with E-state index in [0.29, 0.717) is 33.4 Å². The molecule has 15 rings (SSSR count). The van der Waals surface area contributed by atoms with E-state index in [2.05, 4.69) is 45.6 Å². The van der Waals surface area contributed by atoms with Gasteiger partial charge in [0, 0.05) is 12.4 Å². The highest BCUT2D eigenvalue weighted by molar-refractivity contribution is 7.52. The maximum absolute atomic E-state index is 13.9. The molecule has 52 heteroatoms. The lowest BCUT2D eigenvalue weighted by atomic mass is 9.92. The molecule has 20 N–H and O–H groups in total. The zero-order valence-corrected chi connectivity index (χ0v) is 84.2. The number of hydrogen-bond donors (Lipinski definition) is 16. The molecule has 49 nitrogen and oxygen atoms in total. The first-order valence-corrected chi connectivity index (χ1v) is 51.7. The number of hydrogen-bond acceptors (Lipinski definition) is 42. The van der Waals surface area contributed by atoms with Gasteiger partial charge in [-0.05, 0) is 136 Å². The van der Waals surface area contributed by atoms with E-state index in [1.807, 2.05) is 65.8 Å². The number of nitrogen functional groups attached to an aromatic ring is 4. The molecule has 0 amide bonds. The van der Waals surface area contributed by atoms with Crippen LogP contribution in [0.3, 0.4) is 0 Å². The number of carbonyl (C=O) groups is 3. The number of ether oxygens (including phenoxy) is 7. The molecular weight excluding hydrogens is 1980 g/mol. The zero-order chi connectivity index (χ0) is 107. The fourth-order valence-electron chi connectivity index (χ4n) is 16.4. The predicted octanol–water partition coefficient (Wildman–Crippen LogP) is 6.29. The molecule has 11 aromatic rings. The van der Waals surface area contributed by atoms with E-state index >= 15 is 0 Å². The van der Waals surface area contributed by atoms with Crippen LogP contribution in [0.5, 0.6) is 17.2 Å². The number of nitrogens with two attached hydrogens (primary N) is 4. The quantitative estimate of drug-likeness (QED) is 0.0114. The fraction of sp³-hybridized carbons (Fsp3) is 0.463. The van der Waals surface area contributed by atoms with Gasteiger partial charge >= 0.3 is 41.1 Å². The van der Waals surface area contributed by atoms with Gasteiger partial charge in [-0.1, -0.05) is 135 Å². The number of aliphatic hydroxyl groups excluding tert-OH is 9. The molecule has 12 heterocycles. The second-order valence-electron chi connectivity index (χ2n) is 34.9. The maximum atomic E-state index is 13.9. The lowest BCUT2D eigenvalue weighted by Gasteiger charge is -2.25. The minimum absolute atomic E-state index is 0.0961. The summed E-state index contributed by atoms with van der Waals surface area (Å²) in [6.07, 6.45) is -7.77. The van der Waals surface area contributed by atoms with Crippen molar-refractivity contribution >= 4 is 86.2 Å². The number of benzene rings is 3. The average Bonchev–Trinajstić information content (AvgIpc) is 1.60.